The smallest absolute Gasteiger partial charge is 0.199 e. The third-order valence-electron chi connectivity index (χ3n) is 4.58. The van der Waals surface area contributed by atoms with Crippen molar-refractivity contribution in [2.75, 3.05) is 7.05 Å². The Kier molecular flexibility index (Phi) is 5.96. The molecule has 0 aromatic carbocycles. The summed E-state index contributed by atoms with van der Waals surface area (Å²) in [6.45, 7) is 5.92. The highest BCUT2D eigenvalue weighted by Gasteiger charge is 2.25. The third-order valence-corrected chi connectivity index (χ3v) is 5.01. The zero-order valence-corrected chi connectivity index (χ0v) is 14.3. The average molecular weight is 312 g/mol. The molecule has 5 nitrogen and oxygen atoms in total. The molecule has 0 radical (unpaired) electrons. The van der Waals surface area contributed by atoms with E-state index in [1.807, 2.05) is 9.25 Å². The van der Waals surface area contributed by atoms with Gasteiger partial charge in [-0.25, -0.2) is 4.68 Å². The molecule has 1 aromatic heterocycles. The van der Waals surface area contributed by atoms with Crippen LogP contribution in [0.2, 0.25) is 0 Å². The van der Waals surface area contributed by atoms with Crippen LogP contribution in [-0.4, -0.2) is 37.4 Å². The van der Waals surface area contributed by atoms with Crippen LogP contribution in [-0.2, 0) is 19.8 Å². The van der Waals surface area contributed by atoms with Gasteiger partial charge in [-0.1, -0.05) is 26.7 Å². The fourth-order valence-electron chi connectivity index (χ4n) is 3.41. The van der Waals surface area contributed by atoms with Crippen molar-refractivity contribution in [1.82, 2.24) is 19.2 Å². The van der Waals surface area contributed by atoms with Gasteiger partial charge < -0.3 is 9.67 Å². The molecule has 1 saturated carbocycles. The predicted octanol–water partition coefficient (Wildman–Crippen LogP) is 2.78. The van der Waals surface area contributed by atoms with Gasteiger partial charge in [0.1, 0.15) is 6.61 Å². The summed E-state index contributed by atoms with van der Waals surface area (Å²) in [6.07, 6.45) is 6.23. The van der Waals surface area contributed by atoms with E-state index in [0.29, 0.717) is 18.5 Å². The quantitative estimate of drug-likeness (QED) is 0.821. The monoisotopic (exact) mass is 312 g/mol. The SMILES string of the molecule is CCCn1c(CO)nn(CN(C)C2CCCCC2C)c1=S. The number of nitrogens with zero attached hydrogens (tertiary/aromatic N) is 4. The van der Waals surface area contributed by atoms with E-state index in [1.165, 1.54) is 25.7 Å². The lowest BCUT2D eigenvalue weighted by atomic mass is 9.85. The summed E-state index contributed by atoms with van der Waals surface area (Å²) in [5.74, 6) is 1.40. The van der Waals surface area contributed by atoms with Crippen molar-refractivity contribution < 1.29 is 5.11 Å². The van der Waals surface area contributed by atoms with Crippen LogP contribution in [0.15, 0.2) is 0 Å². The molecule has 1 fully saturated rings. The van der Waals surface area contributed by atoms with Gasteiger partial charge in [0, 0.05) is 12.6 Å². The summed E-state index contributed by atoms with van der Waals surface area (Å²) >= 11 is 5.52. The van der Waals surface area contributed by atoms with Gasteiger partial charge in [0.05, 0.1) is 6.67 Å². The molecule has 2 atom stereocenters. The molecular weight excluding hydrogens is 284 g/mol. The molecule has 2 unspecified atom stereocenters. The van der Waals surface area contributed by atoms with Crippen LogP contribution in [0.1, 0.15) is 51.8 Å². The minimum absolute atomic E-state index is 0.0554. The first kappa shape index (κ1) is 16.6. The first-order valence-corrected chi connectivity index (χ1v) is 8.46. The molecule has 0 aliphatic heterocycles. The summed E-state index contributed by atoms with van der Waals surface area (Å²) in [4.78, 5) is 2.37. The van der Waals surface area contributed by atoms with Crippen molar-refractivity contribution in [1.29, 1.82) is 0 Å². The van der Waals surface area contributed by atoms with Crippen molar-refractivity contribution in [3.05, 3.63) is 10.6 Å². The average Bonchev–Trinajstić information content (AvgIpc) is 2.77. The molecule has 1 aromatic rings. The Morgan fingerprint density at radius 1 is 1.38 bits per heavy atom. The predicted molar refractivity (Wildman–Crippen MR) is 86.4 cm³/mol. The Hall–Kier alpha value is -0.720. The zero-order valence-electron chi connectivity index (χ0n) is 13.5. The largest absolute Gasteiger partial charge is 0.388 e. The van der Waals surface area contributed by atoms with E-state index in [9.17, 15) is 5.11 Å². The van der Waals surface area contributed by atoms with Crippen molar-refractivity contribution in [3.63, 3.8) is 0 Å². The molecule has 1 aliphatic carbocycles. The first-order chi connectivity index (χ1) is 10.1. The van der Waals surface area contributed by atoms with Crippen LogP contribution in [0.4, 0.5) is 0 Å². The van der Waals surface area contributed by atoms with Crippen LogP contribution in [0, 0.1) is 10.7 Å². The van der Waals surface area contributed by atoms with Crippen molar-refractivity contribution in [2.45, 2.75) is 71.8 Å². The lowest BCUT2D eigenvalue weighted by molar-refractivity contribution is 0.103. The molecule has 21 heavy (non-hydrogen) atoms. The molecule has 0 bridgehead atoms. The van der Waals surface area contributed by atoms with Gasteiger partial charge >= 0.3 is 0 Å². The minimum atomic E-state index is -0.0554. The maximum Gasteiger partial charge on any atom is 0.199 e. The van der Waals surface area contributed by atoms with Crippen LogP contribution in [0.3, 0.4) is 0 Å². The summed E-state index contributed by atoms with van der Waals surface area (Å²) in [6, 6.07) is 0.606. The van der Waals surface area contributed by atoms with E-state index in [2.05, 4.69) is 30.9 Å². The van der Waals surface area contributed by atoms with Gasteiger partial charge in [0.25, 0.3) is 0 Å². The number of aromatic nitrogens is 3. The van der Waals surface area contributed by atoms with Gasteiger partial charge in [0.15, 0.2) is 10.6 Å². The van der Waals surface area contributed by atoms with E-state index < -0.39 is 0 Å². The second kappa shape index (κ2) is 7.51. The number of hydrogen-bond donors (Lipinski definition) is 1. The van der Waals surface area contributed by atoms with Crippen molar-refractivity contribution in [2.24, 2.45) is 5.92 Å². The maximum absolute atomic E-state index is 9.45. The fourth-order valence-corrected chi connectivity index (χ4v) is 3.71. The molecule has 1 aliphatic rings. The number of aliphatic hydroxyl groups excluding tert-OH is 1. The number of rotatable bonds is 6. The summed E-state index contributed by atoms with van der Waals surface area (Å²) in [5, 5.41) is 13.9. The zero-order chi connectivity index (χ0) is 15.4. The highest BCUT2D eigenvalue weighted by Crippen LogP contribution is 2.27. The molecule has 0 saturated heterocycles. The minimum Gasteiger partial charge on any atom is -0.388 e. The second-order valence-electron chi connectivity index (χ2n) is 6.24. The molecule has 2 rings (SSSR count). The van der Waals surface area contributed by atoms with Crippen molar-refractivity contribution in [3.8, 4) is 0 Å². The van der Waals surface area contributed by atoms with E-state index >= 15 is 0 Å². The summed E-state index contributed by atoms with van der Waals surface area (Å²) in [7, 11) is 2.16. The summed E-state index contributed by atoms with van der Waals surface area (Å²) < 4.78 is 4.53. The second-order valence-corrected chi connectivity index (χ2v) is 6.60. The Balaban J connectivity index is 2.13. The normalized spacial score (nSPS) is 22.9. The highest BCUT2D eigenvalue weighted by molar-refractivity contribution is 7.71. The summed E-state index contributed by atoms with van der Waals surface area (Å²) in [5.41, 5.74) is 0. The van der Waals surface area contributed by atoms with Gasteiger partial charge in [-0.2, -0.15) is 5.10 Å². The van der Waals surface area contributed by atoms with Crippen LogP contribution < -0.4 is 0 Å². The number of hydrogen-bond acceptors (Lipinski definition) is 4. The molecule has 1 N–H and O–H groups in total. The van der Waals surface area contributed by atoms with Crippen LogP contribution >= 0.6 is 12.2 Å². The Labute approximate surface area is 132 Å². The van der Waals surface area contributed by atoms with Crippen LogP contribution in [0.5, 0.6) is 0 Å². The Morgan fingerprint density at radius 3 is 2.71 bits per heavy atom. The van der Waals surface area contributed by atoms with Gasteiger partial charge in [-0.15, -0.1) is 0 Å². The van der Waals surface area contributed by atoms with E-state index in [4.69, 9.17) is 12.2 Å². The Bertz CT molecular complexity index is 510. The number of aliphatic hydroxyl groups is 1. The molecule has 6 heteroatoms. The molecule has 120 valence electrons. The molecule has 0 spiro atoms. The van der Waals surface area contributed by atoms with Gasteiger partial charge in [0.2, 0.25) is 0 Å². The first-order valence-electron chi connectivity index (χ1n) is 8.06. The highest BCUT2D eigenvalue weighted by atomic mass is 32.1. The lowest BCUT2D eigenvalue weighted by Gasteiger charge is -2.36. The van der Waals surface area contributed by atoms with Crippen LogP contribution in [0.25, 0.3) is 0 Å². The standard InChI is InChI=1S/C15H28N4OS/c1-4-9-18-14(10-20)16-19(15(18)21)11-17(3)13-8-6-5-7-12(13)2/h12-13,20H,4-11H2,1-3H3. The fraction of sp³-hybridized carbons (Fsp3) is 0.867. The molecular formula is C15H28N4OS. The van der Waals surface area contributed by atoms with E-state index in [0.717, 1.165) is 23.7 Å². The van der Waals surface area contributed by atoms with E-state index in [1.54, 1.807) is 0 Å². The van der Waals surface area contributed by atoms with Crippen molar-refractivity contribution >= 4 is 12.2 Å². The molecule has 1 heterocycles. The van der Waals surface area contributed by atoms with E-state index in [-0.39, 0.29) is 6.61 Å². The molecule has 0 amide bonds. The topological polar surface area (TPSA) is 46.2 Å². The van der Waals surface area contributed by atoms with Gasteiger partial charge in [-0.05, 0) is 44.4 Å². The lowest BCUT2D eigenvalue weighted by Crippen LogP contribution is -2.40. The maximum atomic E-state index is 9.45. The third kappa shape index (κ3) is 3.73. The van der Waals surface area contributed by atoms with Gasteiger partial charge in [-0.3, -0.25) is 4.90 Å². The Morgan fingerprint density at radius 2 is 2.10 bits per heavy atom.